The van der Waals surface area contributed by atoms with Crippen LogP contribution in [0.25, 0.3) is 11.3 Å². The van der Waals surface area contributed by atoms with Gasteiger partial charge in [0.05, 0.1) is 43.3 Å². The summed E-state index contributed by atoms with van der Waals surface area (Å²) < 4.78 is 4.72. The summed E-state index contributed by atoms with van der Waals surface area (Å²) in [5, 5.41) is 31.1. The van der Waals surface area contributed by atoms with E-state index in [1.165, 1.54) is 7.11 Å². The molecular weight excluding hydrogens is 799 g/mol. The monoisotopic (exact) mass is 863 g/mol. The van der Waals surface area contributed by atoms with Gasteiger partial charge in [0.15, 0.2) is 0 Å². The maximum Gasteiger partial charge on any atom is 0.406 e. The van der Waals surface area contributed by atoms with Gasteiger partial charge in [-0.1, -0.05) is 101 Å². The van der Waals surface area contributed by atoms with E-state index in [1.807, 2.05) is 126 Å². The highest BCUT2D eigenvalue weighted by Gasteiger charge is 2.44. The third-order valence-electron chi connectivity index (χ3n) is 11.1. The molecule has 5 N–H and O–H groups in total. The van der Waals surface area contributed by atoms with Gasteiger partial charge in [0, 0.05) is 56.0 Å². The van der Waals surface area contributed by atoms with E-state index in [9.17, 15) is 29.4 Å². The number of alkyl carbamates (subject to hydrolysis) is 1. The largest absolute Gasteiger partial charge is 0.453 e. The molecule has 5 rings (SSSR count). The molecule has 1 aliphatic rings. The van der Waals surface area contributed by atoms with Crippen molar-refractivity contribution in [1.82, 2.24) is 35.7 Å². The Morgan fingerprint density at radius 2 is 1.49 bits per heavy atom. The van der Waals surface area contributed by atoms with Crippen molar-refractivity contribution in [3.8, 4) is 11.3 Å². The number of carbonyl (C=O) groups excluding carboxylic acids is 4. The van der Waals surface area contributed by atoms with Crippen molar-refractivity contribution < 1.29 is 34.1 Å². The molecule has 14 nitrogen and oxygen atoms in total. The normalized spacial score (nSPS) is 15.5. The van der Waals surface area contributed by atoms with Crippen LogP contribution in [0.3, 0.4) is 0 Å². The van der Waals surface area contributed by atoms with Crippen LogP contribution in [0, 0.1) is 10.8 Å². The van der Waals surface area contributed by atoms with Crippen molar-refractivity contribution in [2.24, 2.45) is 10.8 Å². The van der Waals surface area contributed by atoms with Crippen molar-refractivity contribution in [2.45, 2.75) is 111 Å². The van der Waals surface area contributed by atoms with Crippen LogP contribution in [0.5, 0.6) is 0 Å². The fraction of sp³-hybridized carbons (Fsp3) is 0.469. The number of methoxy groups -OCH3 is 1. The van der Waals surface area contributed by atoms with Gasteiger partial charge in [0.25, 0.3) is 0 Å². The van der Waals surface area contributed by atoms with Crippen molar-refractivity contribution in [3.63, 3.8) is 0 Å². The first-order valence-corrected chi connectivity index (χ1v) is 21.7. The zero-order valence-electron chi connectivity index (χ0n) is 37.7. The minimum absolute atomic E-state index is 0.0872. The lowest BCUT2D eigenvalue weighted by molar-refractivity contribution is -0.130. The number of benzene rings is 2. The molecule has 0 radical (unpaired) electrons. The number of pyridine rings is 2. The van der Waals surface area contributed by atoms with Crippen LogP contribution in [-0.4, -0.2) is 111 Å². The summed E-state index contributed by atoms with van der Waals surface area (Å²) in [6, 6.07) is 26.3. The van der Waals surface area contributed by atoms with Gasteiger partial charge >= 0.3 is 12.1 Å². The van der Waals surface area contributed by atoms with E-state index in [0.29, 0.717) is 38.0 Å². The molecule has 0 aliphatic carbocycles. The average Bonchev–Trinajstić information content (AvgIpc) is 3.57. The second-order valence-corrected chi connectivity index (χ2v) is 18.5. The molecule has 2 aromatic carbocycles. The molecule has 0 spiro atoms. The summed E-state index contributed by atoms with van der Waals surface area (Å²) >= 11 is 0. The molecule has 4 aromatic rings. The van der Waals surface area contributed by atoms with E-state index in [2.05, 4.69) is 25.9 Å². The first-order chi connectivity index (χ1) is 29.9. The molecule has 338 valence electrons. The Labute approximate surface area is 371 Å². The Hall–Kier alpha value is -5.86. The van der Waals surface area contributed by atoms with Gasteiger partial charge in [-0.25, -0.2) is 9.59 Å². The lowest BCUT2D eigenvalue weighted by Gasteiger charge is -2.38. The number of hydrogen-bond donors (Lipinski definition) is 5. The maximum absolute atomic E-state index is 14.6. The Kier molecular flexibility index (Phi) is 16.8. The maximum atomic E-state index is 14.6. The first-order valence-electron chi connectivity index (χ1n) is 21.7. The second kappa shape index (κ2) is 22.0. The van der Waals surface area contributed by atoms with Gasteiger partial charge in [-0.3, -0.25) is 19.6 Å². The number of aliphatic hydroxyl groups excluding tert-OH is 2. The van der Waals surface area contributed by atoms with Crippen LogP contribution in [0.1, 0.15) is 76.9 Å². The van der Waals surface area contributed by atoms with Crippen LogP contribution < -0.4 is 16.0 Å². The van der Waals surface area contributed by atoms with Crippen molar-refractivity contribution in [3.05, 3.63) is 120 Å². The molecular formula is C49H65N7O7. The standard InChI is InChI=1S/C49H65N7O7/c1-33(57)26-37-16-13-17-38(52-37)31-55-24-25-56(47(55)62)44(48(2,3)4)45(60)54-41(28-34-14-9-8-10-15-34)42(58)29-39(53-43(59)30-49(5,6)32-51-46(61)63-7)27-35-19-21-36(22-20-35)40-18-11-12-23-50-40/h8-23,33,39,41-42,44,57-58H,24-32H2,1-7H3,(H,51,61)(H,53,59)(H,54,60). The number of urea groups is 1. The Morgan fingerprint density at radius 1 is 0.810 bits per heavy atom. The summed E-state index contributed by atoms with van der Waals surface area (Å²) in [6.45, 7) is 12.4. The molecule has 1 saturated heterocycles. The molecule has 5 amide bonds. The van der Waals surface area contributed by atoms with Crippen LogP contribution in [-0.2, 0) is 40.1 Å². The lowest BCUT2D eigenvalue weighted by Crippen LogP contribution is -2.58. The summed E-state index contributed by atoms with van der Waals surface area (Å²) in [5.74, 6) is -0.646. The van der Waals surface area contributed by atoms with Crippen molar-refractivity contribution in [2.75, 3.05) is 26.7 Å². The predicted molar refractivity (Wildman–Crippen MR) is 242 cm³/mol. The smallest absolute Gasteiger partial charge is 0.406 e. The van der Waals surface area contributed by atoms with Crippen molar-refractivity contribution >= 4 is 23.9 Å². The Morgan fingerprint density at radius 3 is 2.14 bits per heavy atom. The quantitative estimate of drug-likeness (QED) is 0.0744. The molecule has 2 aromatic heterocycles. The fourth-order valence-corrected chi connectivity index (χ4v) is 8.07. The number of nitrogens with zero attached hydrogens (tertiary/aromatic N) is 4. The molecule has 5 unspecified atom stereocenters. The zero-order chi connectivity index (χ0) is 45.7. The van der Waals surface area contributed by atoms with Crippen molar-refractivity contribution in [1.29, 1.82) is 0 Å². The Balaban J connectivity index is 1.37. The van der Waals surface area contributed by atoms with Gasteiger partial charge in [-0.2, -0.15) is 0 Å². The van der Waals surface area contributed by atoms with Gasteiger partial charge in [-0.05, 0) is 72.4 Å². The zero-order valence-corrected chi connectivity index (χ0v) is 37.7. The lowest BCUT2D eigenvalue weighted by atomic mass is 9.84. The number of aliphatic hydroxyl groups is 2. The fourth-order valence-electron chi connectivity index (χ4n) is 8.07. The average molecular weight is 864 g/mol. The SMILES string of the molecule is COC(=O)NCC(C)(C)CC(=O)NC(Cc1ccc(-c2ccccn2)cc1)CC(O)C(Cc1ccccc1)NC(=O)C(N1CCN(Cc2cccc(CC(C)O)n2)C1=O)C(C)(C)C. The van der Waals surface area contributed by atoms with E-state index in [1.54, 1.807) is 22.9 Å². The van der Waals surface area contributed by atoms with Crippen LogP contribution in [0.2, 0.25) is 0 Å². The number of nitrogens with one attached hydrogen (secondary N) is 3. The van der Waals surface area contributed by atoms with E-state index < -0.39 is 47.3 Å². The molecule has 1 fully saturated rings. The molecule has 63 heavy (non-hydrogen) atoms. The van der Waals surface area contributed by atoms with E-state index in [0.717, 1.165) is 28.1 Å². The van der Waals surface area contributed by atoms with Crippen LogP contribution >= 0.6 is 0 Å². The number of aromatic nitrogens is 2. The minimum Gasteiger partial charge on any atom is -0.453 e. The van der Waals surface area contributed by atoms with E-state index in [4.69, 9.17) is 4.74 Å². The topological polar surface area (TPSA) is 186 Å². The van der Waals surface area contributed by atoms with Crippen LogP contribution in [0.4, 0.5) is 9.59 Å². The minimum atomic E-state index is -1.12. The van der Waals surface area contributed by atoms with Gasteiger partial charge in [-0.15, -0.1) is 0 Å². The number of carbonyl (C=O) groups is 4. The number of rotatable bonds is 20. The number of hydrogen-bond acceptors (Lipinski definition) is 9. The second-order valence-electron chi connectivity index (χ2n) is 18.5. The highest BCUT2D eigenvalue weighted by molar-refractivity contribution is 5.89. The molecule has 14 heteroatoms. The number of amides is 5. The van der Waals surface area contributed by atoms with E-state index in [-0.39, 0.29) is 43.8 Å². The first kappa shape index (κ1) is 48.2. The summed E-state index contributed by atoms with van der Waals surface area (Å²) in [6.07, 6.45) is 0.761. The summed E-state index contributed by atoms with van der Waals surface area (Å²) in [4.78, 5) is 66.7. The highest BCUT2D eigenvalue weighted by Crippen LogP contribution is 2.29. The molecule has 3 heterocycles. The molecule has 0 bridgehead atoms. The van der Waals surface area contributed by atoms with Crippen LogP contribution in [0.15, 0.2) is 97.2 Å². The van der Waals surface area contributed by atoms with Gasteiger partial charge in [0.1, 0.15) is 6.04 Å². The third kappa shape index (κ3) is 14.6. The molecule has 0 saturated carbocycles. The predicted octanol–water partition coefficient (Wildman–Crippen LogP) is 5.70. The third-order valence-corrected chi connectivity index (χ3v) is 11.1. The molecule has 5 atom stereocenters. The molecule has 1 aliphatic heterocycles. The number of ether oxygens (including phenoxy) is 1. The Bertz CT molecular complexity index is 2110. The van der Waals surface area contributed by atoms with Gasteiger partial charge < -0.3 is 40.7 Å². The van der Waals surface area contributed by atoms with E-state index >= 15 is 0 Å². The summed E-state index contributed by atoms with van der Waals surface area (Å²) in [5.41, 5.74) is 3.73. The van der Waals surface area contributed by atoms with Gasteiger partial charge in [0.2, 0.25) is 11.8 Å². The highest BCUT2D eigenvalue weighted by atomic mass is 16.5. The summed E-state index contributed by atoms with van der Waals surface area (Å²) in [7, 11) is 1.28.